The van der Waals surface area contributed by atoms with Crippen LogP contribution in [0.1, 0.15) is 6.92 Å². The van der Waals surface area contributed by atoms with Crippen molar-refractivity contribution in [1.29, 1.82) is 0 Å². The molecule has 0 bridgehead atoms. The number of nitrogens with zero attached hydrogens (tertiary/aromatic N) is 2. The first-order valence-corrected chi connectivity index (χ1v) is 5.82. The summed E-state index contributed by atoms with van der Waals surface area (Å²) in [7, 11) is 1.60. The molecular formula is C10H15N3O2S. The van der Waals surface area contributed by atoms with Crippen molar-refractivity contribution in [2.24, 2.45) is 0 Å². The Labute approximate surface area is 99.0 Å². The number of carbonyl (C=O) groups is 1. The molecule has 0 aliphatic carbocycles. The monoisotopic (exact) mass is 241 g/mol. The van der Waals surface area contributed by atoms with Crippen molar-refractivity contribution >= 4 is 17.7 Å². The van der Waals surface area contributed by atoms with E-state index < -0.39 is 0 Å². The fourth-order valence-corrected chi connectivity index (χ4v) is 1.73. The lowest BCUT2D eigenvalue weighted by Gasteiger charge is -2.10. The largest absolute Gasteiger partial charge is 0.383 e. The SMILES string of the molecule is COCCNC(=O)C(C)Sc1ncccn1. The molecule has 1 N–H and O–H groups in total. The Hall–Kier alpha value is -1.14. The smallest absolute Gasteiger partial charge is 0.233 e. The molecular weight excluding hydrogens is 226 g/mol. The van der Waals surface area contributed by atoms with E-state index in [2.05, 4.69) is 15.3 Å². The van der Waals surface area contributed by atoms with Crippen molar-refractivity contribution in [2.75, 3.05) is 20.3 Å². The summed E-state index contributed by atoms with van der Waals surface area (Å²) < 4.78 is 4.84. The number of nitrogens with one attached hydrogen (secondary N) is 1. The molecule has 1 aromatic heterocycles. The highest BCUT2D eigenvalue weighted by molar-refractivity contribution is 8.00. The molecule has 0 spiro atoms. The Kier molecular flexibility index (Phi) is 5.81. The Bertz CT molecular complexity index is 321. The number of hydrogen-bond acceptors (Lipinski definition) is 5. The second kappa shape index (κ2) is 7.19. The lowest BCUT2D eigenvalue weighted by molar-refractivity contribution is -0.120. The molecule has 0 aliphatic rings. The van der Waals surface area contributed by atoms with E-state index >= 15 is 0 Å². The van der Waals surface area contributed by atoms with E-state index in [1.165, 1.54) is 11.8 Å². The van der Waals surface area contributed by atoms with E-state index in [-0.39, 0.29) is 11.2 Å². The molecule has 0 aliphatic heterocycles. The number of carbonyl (C=O) groups excluding carboxylic acids is 1. The highest BCUT2D eigenvalue weighted by Gasteiger charge is 2.14. The average Bonchev–Trinajstić information content (AvgIpc) is 2.30. The van der Waals surface area contributed by atoms with Gasteiger partial charge in [-0.05, 0) is 13.0 Å². The zero-order chi connectivity index (χ0) is 11.8. The van der Waals surface area contributed by atoms with Crippen molar-refractivity contribution in [1.82, 2.24) is 15.3 Å². The third-order valence-corrected chi connectivity index (χ3v) is 2.79. The number of ether oxygens (including phenoxy) is 1. The number of rotatable bonds is 6. The van der Waals surface area contributed by atoms with Gasteiger partial charge in [0, 0.05) is 26.0 Å². The van der Waals surface area contributed by atoms with E-state index in [1.54, 1.807) is 25.6 Å². The summed E-state index contributed by atoms with van der Waals surface area (Å²) in [6, 6.07) is 1.74. The van der Waals surface area contributed by atoms with Gasteiger partial charge >= 0.3 is 0 Å². The number of thioether (sulfide) groups is 1. The fourth-order valence-electron chi connectivity index (χ4n) is 0.978. The predicted octanol–water partition coefficient (Wildman–Crippen LogP) is 0.720. The minimum absolute atomic E-state index is 0.0329. The van der Waals surface area contributed by atoms with Crippen molar-refractivity contribution in [3.8, 4) is 0 Å². The van der Waals surface area contributed by atoms with E-state index in [0.29, 0.717) is 18.3 Å². The number of hydrogen-bond donors (Lipinski definition) is 1. The quantitative estimate of drug-likeness (QED) is 0.451. The van der Waals surface area contributed by atoms with Crippen LogP contribution in [0.25, 0.3) is 0 Å². The maximum atomic E-state index is 11.6. The summed E-state index contributed by atoms with van der Waals surface area (Å²) in [5, 5.41) is 3.16. The Morgan fingerprint density at radius 1 is 1.56 bits per heavy atom. The predicted molar refractivity (Wildman–Crippen MR) is 62.2 cm³/mol. The molecule has 0 saturated heterocycles. The Balaban J connectivity index is 2.34. The van der Waals surface area contributed by atoms with Crippen LogP contribution >= 0.6 is 11.8 Å². The van der Waals surface area contributed by atoms with Gasteiger partial charge in [0.1, 0.15) is 0 Å². The van der Waals surface area contributed by atoms with Gasteiger partial charge in [0.2, 0.25) is 5.91 Å². The van der Waals surface area contributed by atoms with Crippen molar-refractivity contribution in [3.05, 3.63) is 18.5 Å². The Morgan fingerprint density at radius 3 is 2.88 bits per heavy atom. The molecule has 0 aromatic carbocycles. The van der Waals surface area contributed by atoms with E-state index in [9.17, 15) is 4.79 Å². The first-order valence-electron chi connectivity index (χ1n) is 4.94. The van der Waals surface area contributed by atoms with Gasteiger partial charge in [-0.3, -0.25) is 4.79 Å². The van der Waals surface area contributed by atoms with Gasteiger partial charge < -0.3 is 10.1 Å². The summed E-state index contributed by atoms with van der Waals surface area (Å²) in [6.07, 6.45) is 3.32. The number of aromatic nitrogens is 2. The number of amides is 1. The van der Waals surface area contributed by atoms with Crippen LogP contribution in [0.2, 0.25) is 0 Å². The van der Waals surface area contributed by atoms with E-state index in [0.717, 1.165) is 0 Å². The Morgan fingerprint density at radius 2 is 2.25 bits per heavy atom. The van der Waals surface area contributed by atoms with Crippen LogP contribution in [0, 0.1) is 0 Å². The highest BCUT2D eigenvalue weighted by Crippen LogP contribution is 2.17. The van der Waals surface area contributed by atoms with Crippen LogP contribution in [-0.4, -0.2) is 41.4 Å². The normalized spacial score (nSPS) is 12.1. The molecule has 1 heterocycles. The molecule has 6 heteroatoms. The summed E-state index contributed by atoms with van der Waals surface area (Å²) in [5.41, 5.74) is 0. The molecule has 0 radical (unpaired) electrons. The second-order valence-corrected chi connectivity index (χ2v) is 4.38. The van der Waals surface area contributed by atoms with Crippen LogP contribution in [-0.2, 0) is 9.53 Å². The first kappa shape index (κ1) is 12.9. The van der Waals surface area contributed by atoms with Crippen molar-refractivity contribution in [3.63, 3.8) is 0 Å². The third-order valence-electron chi connectivity index (χ3n) is 1.80. The van der Waals surface area contributed by atoms with Gasteiger partial charge in [0.15, 0.2) is 5.16 Å². The molecule has 1 unspecified atom stereocenters. The van der Waals surface area contributed by atoms with Gasteiger partial charge in [0.05, 0.1) is 11.9 Å². The third kappa shape index (κ3) is 4.59. The van der Waals surface area contributed by atoms with Crippen LogP contribution in [0.3, 0.4) is 0 Å². The molecule has 0 saturated carbocycles. The maximum Gasteiger partial charge on any atom is 0.233 e. The van der Waals surface area contributed by atoms with Gasteiger partial charge in [-0.1, -0.05) is 11.8 Å². The molecule has 1 amide bonds. The lowest BCUT2D eigenvalue weighted by atomic mass is 10.4. The molecule has 16 heavy (non-hydrogen) atoms. The number of methoxy groups -OCH3 is 1. The van der Waals surface area contributed by atoms with Crippen molar-refractivity contribution in [2.45, 2.75) is 17.3 Å². The van der Waals surface area contributed by atoms with Gasteiger partial charge in [-0.15, -0.1) is 0 Å². The van der Waals surface area contributed by atoms with Gasteiger partial charge in [-0.2, -0.15) is 0 Å². The first-order chi connectivity index (χ1) is 7.74. The average molecular weight is 241 g/mol. The molecule has 88 valence electrons. The molecule has 1 rings (SSSR count). The summed E-state index contributed by atoms with van der Waals surface area (Å²) >= 11 is 1.33. The van der Waals surface area contributed by atoms with E-state index in [1.807, 2.05) is 6.92 Å². The summed E-state index contributed by atoms with van der Waals surface area (Å²) in [4.78, 5) is 19.7. The lowest BCUT2D eigenvalue weighted by Crippen LogP contribution is -2.33. The molecule has 1 aromatic rings. The zero-order valence-corrected chi connectivity index (χ0v) is 10.2. The fraction of sp³-hybridized carbons (Fsp3) is 0.500. The standard InChI is InChI=1S/C10H15N3O2S/c1-8(9(14)11-6-7-15-2)16-10-12-4-3-5-13-10/h3-5,8H,6-7H2,1-2H3,(H,11,14). The zero-order valence-electron chi connectivity index (χ0n) is 9.34. The van der Waals surface area contributed by atoms with Crippen LogP contribution in [0.4, 0.5) is 0 Å². The molecule has 0 fully saturated rings. The van der Waals surface area contributed by atoms with Gasteiger partial charge in [0.25, 0.3) is 0 Å². The van der Waals surface area contributed by atoms with Crippen LogP contribution in [0.15, 0.2) is 23.6 Å². The van der Waals surface area contributed by atoms with Crippen molar-refractivity contribution < 1.29 is 9.53 Å². The maximum absolute atomic E-state index is 11.6. The minimum Gasteiger partial charge on any atom is -0.383 e. The summed E-state index contributed by atoms with van der Waals surface area (Å²) in [6.45, 7) is 2.87. The topological polar surface area (TPSA) is 64.1 Å². The van der Waals surface area contributed by atoms with E-state index in [4.69, 9.17) is 4.74 Å². The molecule has 1 atom stereocenters. The van der Waals surface area contributed by atoms with Crippen LogP contribution < -0.4 is 5.32 Å². The second-order valence-electron chi connectivity index (χ2n) is 3.08. The highest BCUT2D eigenvalue weighted by atomic mass is 32.2. The van der Waals surface area contributed by atoms with Gasteiger partial charge in [-0.25, -0.2) is 9.97 Å². The van der Waals surface area contributed by atoms with Crippen LogP contribution in [0.5, 0.6) is 0 Å². The summed E-state index contributed by atoms with van der Waals surface area (Å²) in [5.74, 6) is -0.0329. The molecule has 5 nitrogen and oxygen atoms in total. The minimum atomic E-state index is -0.209.